The minimum atomic E-state index is -0.150. The van der Waals surface area contributed by atoms with E-state index in [0.717, 1.165) is 12.8 Å². The Bertz CT molecular complexity index is 2940. The Morgan fingerprint density at radius 3 is 1.73 bits per heavy atom. The van der Waals surface area contributed by atoms with Gasteiger partial charge in [-0.05, 0) is 116 Å². The second kappa shape index (κ2) is 12.8. The number of allylic oxidation sites excluding steroid dienone is 3. The van der Waals surface area contributed by atoms with E-state index in [1.54, 1.807) is 0 Å². The van der Waals surface area contributed by atoms with E-state index in [0.29, 0.717) is 0 Å². The fourth-order valence-electron chi connectivity index (χ4n) is 11.0. The van der Waals surface area contributed by atoms with E-state index < -0.39 is 0 Å². The van der Waals surface area contributed by atoms with E-state index in [2.05, 4.69) is 221 Å². The van der Waals surface area contributed by atoms with Gasteiger partial charge in [-0.2, -0.15) is 0 Å². The highest BCUT2D eigenvalue weighted by molar-refractivity contribution is 6.04. The molecule has 0 N–H and O–H groups in total. The lowest BCUT2D eigenvalue weighted by atomic mass is 9.70. The summed E-state index contributed by atoms with van der Waals surface area (Å²) in [5.41, 5.74) is 20.8. The third kappa shape index (κ3) is 5.18. The van der Waals surface area contributed by atoms with Crippen LogP contribution in [0.2, 0.25) is 0 Å². The van der Waals surface area contributed by atoms with Crippen molar-refractivity contribution in [1.29, 1.82) is 0 Å². The van der Waals surface area contributed by atoms with Crippen LogP contribution in [0, 0.1) is 0 Å². The van der Waals surface area contributed by atoms with Crippen molar-refractivity contribution in [3.05, 3.63) is 208 Å². The van der Waals surface area contributed by atoms with Crippen LogP contribution in [0.15, 0.2) is 169 Å². The molecule has 7 aromatic carbocycles. The fraction of sp³-hybridized carbons (Fsp3) is 0.193. The first-order valence-electron chi connectivity index (χ1n) is 21.3. The topological polar surface area (TPSA) is 6.48 Å². The highest BCUT2D eigenvalue weighted by atomic mass is 15.2. The van der Waals surface area contributed by atoms with Crippen LogP contribution in [0.3, 0.4) is 0 Å². The highest BCUT2D eigenvalue weighted by Crippen LogP contribution is 2.55. The molecule has 0 unspecified atom stereocenters. The Balaban J connectivity index is 0.951. The maximum atomic E-state index is 2.53. The van der Waals surface area contributed by atoms with Crippen molar-refractivity contribution in [2.45, 2.75) is 70.6 Å². The third-order valence-corrected chi connectivity index (χ3v) is 14.2. The van der Waals surface area contributed by atoms with Gasteiger partial charge in [-0.25, -0.2) is 0 Å². The molecule has 2 nitrogen and oxygen atoms in total. The van der Waals surface area contributed by atoms with E-state index in [4.69, 9.17) is 0 Å². The zero-order chi connectivity index (χ0) is 40.3. The fourth-order valence-corrected chi connectivity index (χ4v) is 11.0. The van der Waals surface area contributed by atoms with Gasteiger partial charge in [0.1, 0.15) is 0 Å². The summed E-state index contributed by atoms with van der Waals surface area (Å²) >= 11 is 0. The summed E-state index contributed by atoms with van der Waals surface area (Å²) in [5, 5.41) is 2.49. The van der Waals surface area contributed by atoms with Crippen molar-refractivity contribution in [3.63, 3.8) is 0 Å². The SMILES string of the molecule is CC1(C)C2=C(C=CCC2)N(c2ccc3c(c2)C(C)(C)c2cc(/C=C/c4cccc5c(N6c7ccccc7C(C)(C)c7ccccc76)cccc45)ccc2-3)c2ccccc21. The van der Waals surface area contributed by atoms with Gasteiger partial charge in [0, 0.05) is 33.0 Å². The lowest BCUT2D eigenvalue weighted by Crippen LogP contribution is -2.34. The van der Waals surface area contributed by atoms with Gasteiger partial charge in [-0.1, -0.05) is 169 Å². The van der Waals surface area contributed by atoms with Gasteiger partial charge in [0.25, 0.3) is 0 Å². The smallest absolute Gasteiger partial charge is 0.0540 e. The zero-order valence-corrected chi connectivity index (χ0v) is 35.0. The maximum absolute atomic E-state index is 2.53. The Morgan fingerprint density at radius 1 is 0.458 bits per heavy atom. The minimum Gasteiger partial charge on any atom is -0.310 e. The Labute approximate surface area is 349 Å². The van der Waals surface area contributed by atoms with Crippen LogP contribution < -0.4 is 9.80 Å². The molecule has 0 saturated heterocycles. The van der Waals surface area contributed by atoms with Gasteiger partial charge in [0.2, 0.25) is 0 Å². The Kier molecular flexibility index (Phi) is 7.76. The Hall–Kier alpha value is -6.38. The lowest BCUT2D eigenvalue weighted by Gasteiger charge is -2.44. The molecule has 0 spiro atoms. The van der Waals surface area contributed by atoms with E-state index in [-0.39, 0.29) is 16.2 Å². The molecule has 0 atom stereocenters. The quantitative estimate of drug-likeness (QED) is 0.165. The average Bonchev–Trinajstić information content (AvgIpc) is 3.48. The summed E-state index contributed by atoms with van der Waals surface area (Å²) in [5.74, 6) is 0. The van der Waals surface area contributed by atoms with Gasteiger partial charge in [-0.15, -0.1) is 0 Å². The summed E-state index contributed by atoms with van der Waals surface area (Å²) in [6, 6.07) is 54.6. The molecule has 0 fully saturated rings. The molecule has 0 radical (unpaired) electrons. The van der Waals surface area contributed by atoms with Crippen LogP contribution in [-0.4, -0.2) is 0 Å². The van der Waals surface area contributed by atoms with Crippen molar-refractivity contribution in [2.24, 2.45) is 0 Å². The summed E-state index contributed by atoms with van der Waals surface area (Å²) in [7, 11) is 0. The molecule has 0 amide bonds. The van der Waals surface area contributed by atoms with Gasteiger partial charge < -0.3 is 9.80 Å². The average molecular weight is 763 g/mol. The second-order valence-electron chi connectivity index (χ2n) is 18.5. The number of hydrogen-bond acceptors (Lipinski definition) is 2. The first-order chi connectivity index (χ1) is 28.5. The molecule has 2 aliphatic carbocycles. The molecule has 0 bridgehead atoms. The molecular weight excluding hydrogens is 713 g/mol. The molecule has 2 heterocycles. The van der Waals surface area contributed by atoms with Crippen molar-refractivity contribution >= 4 is 51.4 Å². The molecule has 288 valence electrons. The lowest BCUT2D eigenvalue weighted by molar-refractivity contribution is 0.570. The second-order valence-corrected chi connectivity index (χ2v) is 18.5. The number of nitrogens with zero attached hydrogens (tertiary/aromatic N) is 2. The highest BCUT2D eigenvalue weighted by Gasteiger charge is 2.41. The maximum Gasteiger partial charge on any atom is 0.0540 e. The normalized spacial score (nSPS) is 17.7. The van der Waals surface area contributed by atoms with Crippen LogP contribution in [-0.2, 0) is 16.2 Å². The number of fused-ring (bicyclic) bond motifs is 7. The number of para-hydroxylation sites is 3. The standard InChI is InChI=1S/C57H50N2/c1-55(2)44-20-7-11-24-51(44)58(52-25-12-8-21-45(52)55)39-32-34-42-41-33-30-37(35-48(41)57(5,6)49(42)36-39)29-31-38-17-15-19-43-40(38)18-16-28-50(43)59-53-26-13-9-22-46(53)56(3,4)47-23-10-14-27-54(47)59/h7,9-20,22-36H,8,21H2,1-6H3/b31-29+. The molecule has 2 heteroatoms. The van der Waals surface area contributed by atoms with Gasteiger partial charge in [-0.3, -0.25) is 0 Å². The summed E-state index contributed by atoms with van der Waals surface area (Å²) < 4.78 is 0. The van der Waals surface area contributed by atoms with Crippen molar-refractivity contribution in [3.8, 4) is 11.1 Å². The monoisotopic (exact) mass is 762 g/mol. The van der Waals surface area contributed by atoms with Gasteiger partial charge >= 0.3 is 0 Å². The Morgan fingerprint density at radius 2 is 1.02 bits per heavy atom. The molecular formula is C57H50N2. The third-order valence-electron chi connectivity index (χ3n) is 14.2. The largest absolute Gasteiger partial charge is 0.310 e. The first-order valence-corrected chi connectivity index (χ1v) is 21.3. The number of rotatable bonds is 4. The number of hydrogen-bond donors (Lipinski definition) is 0. The summed E-state index contributed by atoms with van der Waals surface area (Å²) in [6.07, 6.45) is 11.5. The van der Waals surface area contributed by atoms with E-state index >= 15 is 0 Å². The van der Waals surface area contributed by atoms with Crippen molar-refractivity contribution < 1.29 is 0 Å². The van der Waals surface area contributed by atoms with Crippen LogP contribution in [0.4, 0.5) is 28.4 Å². The van der Waals surface area contributed by atoms with Crippen LogP contribution >= 0.6 is 0 Å². The van der Waals surface area contributed by atoms with Crippen LogP contribution in [0.5, 0.6) is 0 Å². The summed E-state index contributed by atoms with van der Waals surface area (Å²) in [4.78, 5) is 5.00. The molecule has 0 saturated carbocycles. The number of anilines is 5. The molecule has 4 aliphatic rings. The van der Waals surface area contributed by atoms with E-state index in [9.17, 15) is 0 Å². The van der Waals surface area contributed by atoms with E-state index in [1.165, 1.54) is 101 Å². The molecule has 0 aromatic heterocycles. The van der Waals surface area contributed by atoms with E-state index in [1.807, 2.05) is 0 Å². The zero-order valence-electron chi connectivity index (χ0n) is 35.0. The van der Waals surface area contributed by atoms with Gasteiger partial charge in [0.15, 0.2) is 0 Å². The van der Waals surface area contributed by atoms with Crippen molar-refractivity contribution in [1.82, 2.24) is 0 Å². The molecule has 7 aromatic rings. The van der Waals surface area contributed by atoms with Crippen molar-refractivity contribution in [2.75, 3.05) is 9.80 Å². The molecule has 59 heavy (non-hydrogen) atoms. The minimum absolute atomic E-state index is 0.000888. The van der Waals surface area contributed by atoms with Crippen LogP contribution in [0.1, 0.15) is 93.3 Å². The van der Waals surface area contributed by atoms with Crippen LogP contribution in [0.25, 0.3) is 34.1 Å². The summed E-state index contributed by atoms with van der Waals surface area (Å²) in [6.45, 7) is 14.3. The number of benzene rings is 7. The molecule has 2 aliphatic heterocycles. The molecule has 11 rings (SSSR count). The van der Waals surface area contributed by atoms with Gasteiger partial charge in [0.05, 0.1) is 22.7 Å². The predicted molar refractivity (Wildman–Crippen MR) is 251 cm³/mol. The predicted octanol–water partition coefficient (Wildman–Crippen LogP) is 15.5. The first kappa shape index (κ1) is 35.8.